The first-order valence-corrected chi connectivity index (χ1v) is 7.30. The van der Waals surface area contributed by atoms with Crippen molar-refractivity contribution in [1.82, 2.24) is 15.1 Å². The van der Waals surface area contributed by atoms with Gasteiger partial charge in [0.15, 0.2) is 0 Å². The molecule has 0 spiro atoms. The van der Waals surface area contributed by atoms with E-state index in [2.05, 4.69) is 22.4 Å². The Morgan fingerprint density at radius 2 is 2.32 bits per heavy atom. The highest BCUT2D eigenvalue weighted by Gasteiger charge is 2.34. The quantitative estimate of drug-likeness (QED) is 0.886. The van der Waals surface area contributed by atoms with E-state index in [0.717, 1.165) is 24.4 Å². The summed E-state index contributed by atoms with van der Waals surface area (Å²) in [6.07, 6.45) is 2.33. The van der Waals surface area contributed by atoms with Crippen molar-refractivity contribution in [2.24, 2.45) is 5.92 Å². The second-order valence-corrected chi connectivity index (χ2v) is 5.89. The van der Waals surface area contributed by atoms with Crippen molar-refractivity contribution in [3.05, 3.63) is 5.01 Å². The Kier molecular flexibility index (Phi) is 4.47. The second-order valence-electron chi connectivity index (χ2n) is 4.71. The Morgan fingerprint density at radius 1 is 1.53 bits per heavy atom. The monoisotopic (exact) mass is 282 g/mol. The highest BCUT2D eigenvalue weighted by molar-refractivity contribution is 7.15. The van der Waals surface area contributed by atoms with Gasteiger partial charge in [-0.25, -0.2) is 0 Å². The summed E-state index contributed by atoms with van der Waals surface area (Å²) in [7, 11) is 0. The van der Waals surface area contributed by atoms with E-state index >= 15 is 0 Å². The lowest BCUT2D eigenvalue weighted by Gasteiger charge is -2.15. The zero-order chi connectivity index (χ0) is 13.8. The second kappa shape index (κ2) is 6.10. The smallest absolute Gasteiger partial charge is 0.231 e. The van der Waals surface area contributed by atoms with Gasteiger partial charge in [-0.3, -0.25) is 9.59 Å². The molecule has 6 nitrogen and oxygen atoms in total. The van der Waals surface area contributed by atoms with E-state index in [1.54, 1.807) is 4.90 Å². The van der Waals surface area contributed by atoms with Crippen LogP contribution in [0.3, 0.4) is 0 Å². The average molecular weight is 282 g/mol. The number of anilines is 1. The Morgan fingerprint density at radius 3 is 2.95 bits per heavy atom. The number of aromatic nitrogens is 2. The Hall–Kier alpha value is -1.50. The molecule has 0 saturated carbocycles. The molecular weight excluding hydrogens is 264 g/mol. The SMILES string of the molecule is CCCCN1C[C@@H](C(=O)Nc2nnc(C)s2)CC1=O. The van der Waals surface area contributed by atoms with Crippen molar-refractivity contribution < 1.29 is 9.59 Å². The number of hydrogen-bond donors (Lipinski definition) is 1. The van der Waals surface area contributed by atoms with E-state index in [9.17, 15) is 9.59 Å². The Bertz CT molecular complexity index is 474. The predicted molar refractivity (Wildman–Crippen MR) is 72.9 cm³/mol. The molecule has 19 heavy (non-hydrogen) atoms. The lowest BCUT2D eigenvalue weighted by molar-refractivity contribution is -0.128. The van der Waals surface area contributed by atoms with Crippen LogP contribution in [-0.2, 0) is 9.59 Å². The molecule has 0 radical (unpaired) electrons. The number of aryl methyl sites for hydroxylation is 1. The van der Waals surface area contributed by atoms with Crippen LogP contribution in [0, 0.1) is 12.8 Å². The molecule has 0 aromatic carbocycles. The molecule has 1 aliphatic heterocycles. The number of amides is 2. The molecule has 1 fully saturated rings. The number of nitrogens with zero attached hydrogens (tertiary/aromatic N) is 3. The van der Waals surface area contributed by atoms with Crippen LogP contribution < -0.4 is 5.32 Å². The van der Waals surface area contributed by atoms with Crippen molar-refractivity contribution in [3.8, 4) is 0 Å². The van der Waals surface area contributed by atoms with Gasteiger partial charge in [-0.05, 0) is 13.3 Å². The minimum atomic E-state index is -0.270. The number of likely N-dealkylation sites (tertiary alicyclic amines) is 1. The summed E-state index contributed by atoms with van der Waals surface area (Å²) >= 11 is 1.34. The number of carbonyl (C=O) groups is 2. The lowest BCUT2D eigenvalue weighted by atomic mass is 10.1. The molecule has 7 heteroatoms. The molecule has 1 aromatic heterocycles. The van der Waals surface area contributed by atoms with Crippen LogP contribution in [0.2, 0.25) is 0 Å². The minimum absolute atomic E-state index is 0.0713. The average Bonchev–Trinajstić information content (AvgIpc) is 2.93. The number of carbonyl (C=O) groups excluding carboxylic acids is 2. The van der Waals surface area contributed by atoms with Gasteiger partial charge in [0.2, 0.25) is 16.9 Å². The molecule has 2 amide bonds. The summed E-state index contributed by atoms with van der Waals surface area (Å²) in [4.78, 5) is 25.6. The van der Waals surface area contributed by atoms with Gasteiger partial charge in [0.05, 0.1) is 5.92 Å². The van der Waals surface area contributed by atoms with E-state index in [-0.39, 0.29) is 17.7 Å². The number of nitrogens with one attached hydrogen (secondary N) is 1. The van der Waals surface area contributed by atoms with Crippen LogP contribution in [0.25, 0.3) is 0 Å². The highest BCUT2D eigenvalue weighted by Crippen LogP contribution is 2.21. The molecule has 0 bridgehead atoms. The van der Waals surface area contributed by atoms with Gasteiger partial charge in [0.25, 0.3) is 0 Å². The topological polar surface area (TPSA) is 75.2 Å². The van der Waals surface area contributed by atoms with Gasteiger partial charge in [-0.15, -0.1) is 10.2 Å². The van der Waals surface area contributed by atoms with Crippen LogP contribution in [0.4, 0.5) is 5.13 Å². The van der Waals surface area contributed by atoms with Gasteiger partial charge in [-0.1, -0.05) is 24.7 Å². The van der Waals surface area contributed by atoms with Crippen molar-refractivity contribution in [3.63, 3.8) is 0 Å². The maximum absolute atomic E-state index is 12.0. The molecule has 1 N–H and O–H groups in total. The molecule has 1 saturated heterocycles. The van der Waals surface area contributed by atoms with Gasteiger partial charge in [0, 0.05) is 19.5 Å². The Labute approximate surface area is 116 Å². The summed E-state index contributed by atoms with van der Waals surface area (Å²) in [5.41, 5.74) is 0. The zero-order valence-corrected chi connectivity index (χ0v) is 12.0. The fraction of sp³-hybridized carbons (Fsp3) is 0.667. The third-order valence-electron chi connectivity index (χ3n) is 3.12. The number of unbranched alkanes of at least 4 members (excludes halogenated alkanes) is 1. The third kappa shape index (κ3) is 3.50. The van der Waals surface area contributed by atoms with E-state index in [1.165, 1.54) is 11.3 Å². The van der Waals surface area contributed by atoms with E-state index in [1.807, 2.05) is 6.92 Å². The first kappa shape index (κ1) is 13.9. The Balaban J connectivity index is 1.89. The number of rotatable bonds is 5. The largest absolute Gasteiger partial charge is 0.342 e. The summed E-state index contributed by atoms with van der Waals surface area (Å²) in [6, 6.07) is 0. The predicted octanol–water partition coefficient (Wildman–Crippen LogP) is 1.43. The van der Waals surface area contributed by atoms with Gasteiger partial charge < -0.3 is 10.2 Å². The molecule has 0 aliphatic carbocycles. The minimum Gasteiger partial charge on any atom is -0.342 e. The first-order chi connectivity index (χ1) is 9.10. The first-order valence-electron chi connectivity index (χ1n) is 6.49. The summed E-state index contributed by atoms with van der Waals surface area (Å²) in [6.45, 7) is 5.18. The molecule has 0 unspecified atom stereocenters. The van der Waals surface area contributed by atoms with Crippen molar-refractivity contribution in [1.29, 1.82) is 0 Å². The fourth-order valence-corrected chi connectivity index (χ4v) is 2.66. The molecule has 2 heterocycles. The van der Waals surface area contributed by atoms with Gasteiger partial charge in [0.1, 0.15) is 5.01 Å². The maximum atomic E-state index is 12.0. The molecule has 104 valence electrons. The molecular formula is C12H18N4O2S. The molecule has 2 rings (SSSR count). The van der Waals surface area contributed by atoms with Crippen LogP contribution in [0.5, 0.6) is 0 Å². The highest BCUT2D eigenvalue weighted by atomic mass is 32.1. The van der Waals surface area contributed by atoms with E-state index < -0.39 is 0 Å². The zero-order valence-electron chi connectivity index (χ0n) is 11.2. The fourth-order valence-electron chi connectivity index (χ4n) is 2.07. The number of hydrogen-bond acceptors (Lipinski definition) is 5. The normalized spacial score (nSPS) is 18.9. The third-order valence-corrected chi connectivity index (χ3v) is 3.88. The molecule has 1 aromatic rings. The van der Waals surface area contributed by atoms with Crippen LogP contribution in [-0.4, -0.2) is 40.0 Å². The standard InChI is InChI=1S/C12H18N4O2S/c1-3-4-5-16-7-9(6-10(16)17)11(18)13-12-15-14-8(2)19-12/h9H,3-7H2,1-2H3,(H,13,15,18)/t9-/m0/s1. The van der Waals surface area contributed by atoms with Crippen LogP contribution >= 0.6 is 11.3 Å². The van der Waals surface area contributed by atoms with Crippen LogP contribution in [0.1, 0.15) is 31.2 Å². The van der Waals surface area contributed by atoms with Crippen molar-refractivity contribution in [2.75, 3.05) is 18.4 Å². The van der Waals surface area contributed by atoms with Crippen molar-refractivity contribution in [2.45, 2.75) is 33.1 Å². The lowest BCUT2D eigenvalue weighted by Crippen LogP contribution is -2.29. The summed E-state index contributed by atoms with van der Waals surface area (Å²) in [5.74, 6) is -0.334. The molecule has 1 atom stereocenters. The van der Waals surface area contributed by atoms with E-state index in [0.29, 0.717) is 18.1 Å². The van der Waals surface area contributed by atoms with Gasteiger partial charge >= 0.3 is 0 Å². The molecule has 1 aliphatic rings. The van der Waals surface area contributed by atoms with E-state index in [4.69, 9.17) is 0 Å². The van der Waals surface area contributed by atoms with Gasteiger partial charge in [-0.2, -0.15) is 0 Å². The summed E-state index contributed by atoms with van der Waals surface area (Å²) < 4.78 is 0. The maximum Gasteiger partial charge on any atom is 0.231 e. The van der Waals surface area contributed by atoms with Crippen LogP contribution in [0.15, 0.2) is 0 Å². The van der Waals surface area contributed by atoms with Crippen molar-refractivity contribution >= 4 is 28.3 Å². The summed E-state index contributed by atoms with van der Waals surface area (Å²) in [5, 5.41) is 11.7.